The standard InChI is InChI=1S/C76H124O6/c1-4-7-10-13-16-19-22-25-28-30-32-33-34-35-36-37-38-39-40-41-42-43-45-46-48-51-54-57-60-63-66-69-75(78)81-72-73(71-80-74(77)68-65-62-59-56-53-50-27-24-21-18-15-12-9-6-3)82-76(79)70-67-64-61-58-55-52-49-47-44-31-29-26-23-20-17-14-11-8-5-2/h7-8,10-11,16-17,19-20,24-29,32-33,35-36,44,47,52,55,61,64,73H,4-6,9,12-15,18,21-23,30-31,34,37-43,45-46,48-51,53-54,56-60,62-63,65-72H2,1-3H3/b10-7-,11-8-,19-16-,20-17-,27-24-,28-25-,29-26-,33-32-,36-35-,47-44-,55-52-,64-61-. The van der Waals surface area contributed by atoms with E-state index in [0.717, 1.165) is 122 Å². The summed E-state index contributed by atoms with van der Waals surface area (Å²) in [6, 6.07) is 0. The monoisotopic (exact) mass is 1130 g/mol. The van der Waals surface area contributed by atoms with Crippen LogP contribution in [0.15, 0.2) is 146 Å². The molecule has 0 aliphatic heterocycles. The van der Waals surface area contributed by atoms with Gasteiger partial charge in [0.15, 0.2) is 6.10 Å². The van der Waals surface area contributed by atoms with E-state index in [2.05, 4.69) is 161 Å². The van der Waals surface area contributed by atoms with Crippen LogP contribution in [0.5, 0.6) is 0 Å². The van der Waals surface area contributed by atoms with E-state index in [4.69, 9.17) is 14.2 Å². The molecule has 464 valence electrons. The molecular formula is C76H124O6. The van der Waals surface area contributed by atoms with Crippen molar-refractivity contribution in [1.29, 1.82) is 0 Å². The zero-order valence-electron chi connectivity index (χ0n) is 53.2. The zero-order valence-corrected chi connectivity index (χ0v) is 53.2. The van der Waals surface area contributed by atoms with Gasteiger partial charge in [-0.25, -0.2) is 0 Å². The number of hydrogen-bond donors (Lipinski definition) is 0. The van der Waals surface area contributed by atoms with E-state index in [-0.39, 0.29) is 31.6 Å². The number of ether oxygens (including phenoxy) is 3. The van der Waals surface area contributed by atoms with Crippen LogP contribution in [-0.4, -0.2) is 37.2 Å². The second-order valence-corrected chi connectivity index (χ2v) is 22.0. The molecule has 6 nitrogen and oxygen atoms in total. The SMILES string of the molecule is CC/C=C\C/C=C\C/C=C\C/C=C\C/C=C\C/C=C\CCC(=O)OC(COC(=O)CCCCCCC/C=C\CCCCCCC)COC(=O)CCCCCCCCCCCCCCCCC/C=C\C/C=C\C/C=C\C/C=C\C/C=C\CC. The van der Waals surface area contributed by atoms with E-state index in [1.807, 2.05) is 6.08 Å². The summed E-state index contributed by atoms with van der Waals surface area (Å²) in [5, 5.41) is 0. The number of esters is 3. The zero-order chi connectivity index (χ0) is 59.2. The Labute approximate surface area is 506 Å². The fourth-order valence-corrected chi connectivity index (χ4v) is 9.08. The molecule has 0 aromatic rings. The normalized spacial score (nSPS) is 13.1. The number of allylic oxidation sites excluding steroid dienone is 24. The number of unbranched alkanes of at least 4 members (excludes halogenated alkanes) is 25. The third-order valence-electron chi connectivity index (χ3n) is 14.1. The largest absolute Gasteiger partial charge is 0.462 e. The second-order valence-electron chi connectivity index (χ2n) is 22.0. The highest BCUT2D eigenvalue weighted by molar-refractivity contribution is 5.71. The van der Waals surface area contributed by atoms with Crippen molar-refractivity contribution in [2.45, 2.75) is 303 Å². The topological polar surface area (TPSA) is 78.9 Å². The third kappa shape index (κ3) is 66.1. The molecule has 0 rings (SSSR count). The average Bonchev–Trinajstić information content (AvgIpc) is 3.47. The van der Waals surface area contributed by atoms with E-state index < -0.39 is 12.1 Å². The predicted molar refractivity (Wildman–Crippen MR) is 357 cm³/mol. The number of carbonyl (C=O) groups is 3. The van der Waals surface area contributed by atoms with Gasteiger partial charge >= 0.3 is 17.9 Å². The minimum Gasteiger partial charge on any atom is -0.462 e. The summed E-state index contributed by atoms with van der Waals surface area (Å²) in [5.74, 6) is -1.00. The van der Waals surface area contributed by atoms with Crippen molar-refractivity contribution < 1.29 is 28.6 Å². The Morgan fingerprint density at radius 1 is 0.256 bits per heavy atom. The van der Waals surface area contributed by atoms with E-state index in [9.17, 15) is 14.4 Å². The molecule has 82 heavy (non-hydrogen) atoms. The summed E-state index contributed by atoms with van der Waals surface area (Å²) < 4.78 is 16.9. The van der Waals surface area contributed by atoms with Crippen molar-refractivity contribution >= 4 is 17.9 Å². The van der Waals surface area contributed by atoms with Crippen LogP contribution in [0.2, 0.25) is 0 Å². The lowest BCUT2D eigenvalue weighted by atomic mass is 10.0. The van der Waals surface area contributed by atoms with E-state index in [1.54, 1.807) is 0 Å². The van der Waals surface area contributed by atoms with Crippen LogP contribution in [-0.2, 0) is 28.6 Å². The lowest BCUT2D eigenvalue weighted by molar-refractivity contribution is -0.166. The Balaban J connectivity index is 4.34. The van der Waals surface area contributed by atoms with Crippen LogP contribution < -0.4 is 0 Å². The van der Waals surface area contributed by atoms with Crippen LogP contribution in [0.1, 0.15) is 297 Å². The highest BCUT2D eigenvalue weighted by Crippen LogP contribution is 2.16. The molecule has 0 saturated carbocycles. The number of carbonyl (C=O) groups excluding carboxylic acids is 3. The lowest BCUT2D eigenvalue weighted by Crippen LogP contribution is -2.30. The highest BCUT2D eigenvalue weighted by atomic mass is 16.6. The maximum Gasteiger partial charge on any atom is 0.306 e. The van der Waals surface area contributed by atoms with Gasteiger partial charge < -0.3 is 14.2 Å². The Morgan fingerprint density at radius 2 is 0.500 bits per heavy atom. The van der Waals surface area contributed by atoms with Gasteiger partial charge in [-0.1, -0.05) is 295 Å². The van der Waals surface area contributed by atoms with Crippen molar-refractivity contribution in [3.05, 3.63) is 146 Å². The van der Waals surface area contributed by atoms with Crippen LogP contribution >= 0.6 is 0 Å². The molecule has 0 radical (unpaired) electrons. The highest BCUT2D eigenvalue weighted by Gasteiger charge is 2.19. The molecule has 1 atom stereocenters. The molecule has 0 aromatic heterocycles. The van der Waals surface area contributed by atoms with Crippen LogP contribution in [0.3, 0.4) is 0 Å². The molecule has 0 heterocycles. The molecule has 0 N–H and O–H groups in total. The number of hydrogen-bond acceptors (Lipinski definition) is 6. The minimum atomic E-state index is -0.828. The van der Waals surface area contributed by atoms with E-state index >= 15 is 0 Å². The van der Waals surface area contributed by atoms with E-state index in [0.29, 0.717) is 19.3 Å². The van der Waals surface area contributed by atoms with Gasteiger partial charge in [0.1, 0.15) is 13.2 Å². The molecule has 0 aliphatic rings. The van der Waals surface area contributed by atoms with Crippen LogP contribution in [0.25, 0.3) is 0 Å². The van der Waals surface area contributed by atoms with Gasteiger partial charge in [-0.2, -0.15) is 0 Å². The van der Waals surface area contributed by atoms with Gasteiger partial charge in [0.05, 0.1) is 0 Å². The van der Waals surface area contributed by atoms with Crippen molar-refractivity contribution in [2.75, 3.05) is 13.2 Å². The van der Waals surface area contributed by atoms with Gasteiger partial charge in [0.25, 0.3) is 0 Å². The maximum absolute atomic E-state index is 12.9. The minimum absolute atomic E-state index is 0.114. The first kappa shape index (κ1) is 77.3. The summed E-state index contributed by atoms with van der Waals surface area (Å²) in [6.45, 7) is 6.35. The Bertz CT molecular complexity index is 1780. The smallest absolute Gasteiger partial charge is 0.306 e. The predicted octanol–water partition coefficient (Wildman–Crippen LogP) is 23.5. The Hall–Kier alpha value is -4.71. The van der Waals surface area contributed by atoms with Gasteiger partial charge in [-0.05, 0) is 128 Å². The van der Waals surface area contributed by atoms with Gasteiger partial charge in [-0.15, -0.1) is 0 Å². The summed E-state index contributed by atoms with van der Waals surface area (Å²) in [5.41, 5.74) is 0. The van der Waals surface area contributed by atoms with Crippen molar-refractivity contribution in [1.82, 2.24) is 0 Å². The summed E-state index contributed by atoms with van der Waals surface area (Å²) in [4.78, 5) is 38.3. The first-order chi connectivity index (χ1) is 40.5. The molecular weight excluding hydrogens is 1010 g/mol. The van der Waals surface area contributed by atoms with Gasteiger partial charge in [0, 0.05) is 19.3 Å². The molecule has 0 spiro atoms. The summed E-state index contributed by atoms with van der Waals surface area (Å²) in [7, 11) is 0. The van der Waals surface area contributed by atoms with Crippen molar-refractivity contribution in [3.63, 3.8) is 0 Å². The van der Waals surface area contributed by atoms with Gasteiger partial charge in [-0.3, -0.25) is 14.4 Å². The molecule has 0 aromatic carbocycles. The first-order valence-corrected chi connectivity index (χ1v) is 33.8. The molecule has 0 bridgehead atoms. The Kier molecular flexibility index (Phi) is 64.8. The summed E-state index contributed by atoms with van der Waals surface area (Å²) >= 11 is 0. The molecule has 0 fully saturated rings. The Morgan fingerprint density at radius 3 is 0.805 bits per heavy atom. The average molecular weight is 1130 g/mol. The third-order valence-corrected chi connectivity index (χ3v) is 14.1. The second kappa shape index (κ2) is 68.8. The molecule has 6 heteroatoms. The summed E-state index contributed by atoms with van der Waals surface area (Å²) in [6.07, 6.45) is 98.8. The first-order valence-electron chi connectivity index (χ1n) is 33.8. The van der Waals surface area contributed by atoms with Crippen molar-refractivity contribution in [2.24, 2.45) is 0 Å². The quantitative estimate of drug-likeness (QED) is 0.0261. The fourth-order valence-electron chi connectivity index (χ4n) is 9.08. The van der Waals surface area contributed by atoms with Crippen LogP contribution in [0, 0.1) is 0 Å². The fraction of sp³-hybridized carbons (Fsp3) is 0.645. The van der Waals surface area contributed by atoms with Crippen LogP contribution in [0.4, 0.5) is 0 Å². The maximum atomic E-state index is 12.9. The molecule has 0 aliphatic carbocycles. The number of rotatable bonds is 60. The molecule has 1 unspecified atom stereocenters. The van der Waals surface area contributed by atoms with E-state index in [1.165, 1.54) is 128 Å². The molecule has 0 amide bonds. The lowest BCUT2D eigenvalue weighted by Gasteiger charge is -2.18. The van der Waals surface area contributed by atoms with Gasteiger partial charge in [0.2, 0.25) is 0 Å². The molecule has 0 saturated heterocycles. The van der Waals surface area contributed by atoms with Crippen molar-refractivity contribution in [3.8, 4) is 0 Å².